The van der Waals surface area contributed by atoms with E-state index in [1.807, 2.05) is 6.07 Å². The number of hydrogen-bond acceptors (Lipinski definition) is 3. The number of carboxylic acids is 1. The van der Waals surface area contributed by atoms with Crippen molar-refractivity contribution in [3.8, 4) is 0 Å². The first kappa shape index (κ1) is 16.7. The van der Waals surface area contributed by atoms with E-state index in [4.69, 9.17) is 5.11 Å². The van der Waals surface area contributed by atoms with Crippen LogP contribution in [0.5, 0.6) is 0 Å². The van der Waals surface area contributed by atoms with Gasteiger partial charge in [-0.3, -0.25) is 9.59 Å². The van der Waals surface area contributed by atoms with Crippen molar-refractivity contribution in [2.45, 2.75) is 26.8 Å². The largest absolute Gasteiger partial charge is 0.480 e. The van der Waals surface area contributed by atoms with Crippen LogP contribution in [0.3, 0.4) is 0 Å². The highest BCUT2D eigenvalue weighted by Gasteiger charge is 2.23. The lowest BCUT2D eigenvalue weighted by Crippen LogP contribution is -2.48. The number of aryl methyl sites for hydroxylation is 1. The van der Waals surface area contributed by atoms with Crippen LogP contribution in [0.4, 0.5) is 0 Å². The van der Waals surface area contributed by atoms with Gasteiger partial charge in [-0.15, -0.1) is 0 Å². The first-order valence-corrected chi connectivity index (χ1v) is 6.69. The number of carboxylic acid groups (broad SMARTS) is 1. The highest BCUT2D eigenvalue weighted by atomic mass is 16.4. The molecular weight excluding hydrogens is 272 g/mol. The second-order valence-corrected chi connectivity index (χ2v) is 5.13. The van der Waals surface area contributed by atoms with Gasteiger partial charge in [0.2, 0.25) is 5.91 Å². The molecule has 0 saturated carbocycles. The molecule has 1 rings (SSSR count). The summed E-state index contributed by atoms with van der Waals surface area (Å²) in [5.41, 5.74) is 1.30. The van der Waals surface area contributed by atoms with Gasteiger partial charge in [0, 0.05) is 5.56 Å². The van der Waals surface area contributed by atoms with E-state index in [0.717, 1.165) is 5.56 Å². The lowest BCUT2D eigenvalue weighted by Gasteiger charge is -2.18. The summed E-state index contributed by atoms with van der Waals surface area (Å²) in [5.74, 6) is -2.22. The van der Waals surface area contributed by atoms with Gasteiger partial charge in [0.25, 0.3) is 5.91 Å². The first-order chi connectivity index (χ1) is 9.82. The second-order valence-electron chi connectivity index (χ2n) is 5.13. The Kier molecular flexibility index (Phi) is 5.90. The minimum atomic E-state index is -1.09. The molecule has 0 spiro atoms. The first-order valence-electron chi connectivity index (χ1n) is 6.69. The predicted octanol–water partition coefficient (Wildman–Crippen LogP) is 0.950. The van der Waals surface area contributed by atoms with Crippen LogP contribution in [-0.4, -0.2) is 35.5 Å². The third-order valence-electron chi connectivity index (χ3n) is 3.05. The summed E-state index contributed by atoms with van der Waals surface area (Å²) in [4.78, 5) is 34.6. The summed E-state index contributed by atoms with van der Waals surface area (Å²) >= 11 is 0. The number of nitrogens with one attached hydrogen (secondary N) is 2. The van der Waals surface area contributed by atoms with Crippen molar-refractivity contribution in [1.82, 2.24) is 10.6 Å². The molecule has 1 atom stereocenters. The molecule has 3 N–H and O–H groups in total. The topological polar surface area (TPSA) is 95.5 Å². The number of amides is 2. The Morgan fingerprint density at radius 1 is 1.19 bits per heavy atom. The van der Waals surface area contributed by atoms with Gasteiger partial charge in [-0.2, -0.15) is 0 Å². The van der Waals surface area contributed by atoms with Crippen molar-refractivity contribution < 1.29 is 19.5 Å². The number of benzene rings is 1. The molecule has 0 aliphatic rings. The van der Waals surface area contributed by atoms with E-state index in [9.17, 15) is 14.4 Å². The van der Waals surface area contributed by atoms with Crippen LogP contribution in [0.1, 0.15) is 29.8 Å². The minimum Gasteiger partial charge on any atom is -0.480 e. The van der Waals surface area contributed by atoms with Gasteiger partial charge < -0.3 is 15.7 Å². The quantitative estimate of drug-likeness (QED) is 0.727. The fourth-order valence-corrected chi connectivity index (χ4v) is 1.82. The maximum absolute atomic E-state index is 11.9. The highest BCUT2D eigenvalue weighted by molar-refractivity contribution is 5.97. The molecule has 0 radical (unpaired) electrons. The Morgan fingerprint density at radius 3 is 2.33 bits per heavy atom. The third kappa shape index (κ3) is 4.91. The van der Waals surface area contributed by atoms with Crippen LogP contribution >= 0.6 is 0 Å². The lowest BCUT2D eigenvalue weighted by molar-refractivity contribution is -0.142. The number of hydrogen-bond donors (Lipinski definition) is 3. The van der Waals surface area contributed by atoms with Crippen LogP contribution in [0.15, 0.2) is 24.3 Å². The average molecular weight is 292 g/mol. The average Bonchev–Trinajstić information content (AvgIpc) is 2.42. The molecule has 21 heavy (non-hydrogen) atoms. The van der Waals surface area contributed by atoms with Crippen LogP contribution in [0.2, 0.25) is 0 Å². The molecule has 1 aromatic rings. The molecule has 0 heterocycles. The van der Waals surface area contributed by atoms with Crippen LogP contribution in [-0.2, 0) is 9.59 Å². The van der Waals surface area contributed by atoms with Crippen molar-refractivity contribution in [3.63, 3.8) is 0 Å². The molecule has 0 aromatic heterocycles. The van der Waals surface area contributed by atoms with Gasteiger partial charge in [0.15, 0.2) is 0 Å². The maximum atomic E-state index is 11.9. The summed E-state index contributed by atoms with van der Waals surface area (Å²) < 4.78 is 0. The molecule has 1 aromatic carbocycles. The van der Waals surface area contributed by atoms with Crippen LogP contribution in [0.25, 0.3) is 0 Å². The normalized spacial score (nSPS) is 11.8. The molecule has 6 heteroatoms. The Hall–Kier alpha value is -2.37. The number of aliphatic carboxylic acids is 1. The molecular formula is C15H20N2O4. The lowest BCUT2D eigenvalue weighted by atomic mass is 10.0. The molecule has 0 bridgehead atoms. The van der Waals surface area contributed by atoms with Crippen molar-refractivity contribution >= 4 is 17.8 Å². The van der Waals surface area contributed by atoms with Crippen molar-refractivity contribution in [2.75, 3.05) is 6.54 Å². The predicted molar refractivity (Wildman–Crippen MR) is 77.9 cm³/mol. The molecule has 0 aliphatic heterocycles. The van der Waals surface area contributed by atoms with Crippen LogP contribution in [0, 0.1) is 12.8 Å². The van der Waals surface area contributed by atoms with Gasteiger partial charge in [0.1, 0.15) is 6.04 Å². The SMILES string of the molecule is Cc1ccccc1C(=O)NCC(=O)N[C@@H](C(=O)O)C(C)C. The van der Waals surface area contributed by atoms with E-state index in [2.05, 4.69) is 10.6 Å². The fourth-order valence-electron chi connectivity index (χ4n) is 1.82. The molecule has 2 amide bonds. The van der Waals surface area contributed by atoms with Crippen LogP contribution < -0.4 is 10.6 Å². The zero-order chi connectivity index (χ0) is 16.0. The van der Waals surface area contributed by atoms with Gasteiger partial charge in [0.05, 0.1) is 6.54 Å². The Labute approximate surface area is 123 Å². The van der Waals surface area contributed by atoms with E-state index < -0.39 is 17.9 Å². The van der Waals surface area contributed by atoms with E-state index in [1.54, 1.807) is 39.0 Å². The second kappa shape index (κ2) is 7.42. The summed E-state index contributed by atoms with van der Waals surface area (Å²) in [7, 11) is 0. The Morgan fingerprint density at radius 2 is 1.81 bits per heavy atom. The molecule has 0 aliphatic carbocycles. The third-order valence-corrected chi connectivity index (χ3v) is 3.05. The van der Waals surface area contributed by atoms with Gasteiger partial charge in [-0.05, 0) is 24.5 Å². The zero-order valence-electron chi connectivity index (χ0n) is 12.3. The summed E-state index contributed by atoms with van der Waals surface area (Å²) in [5, 5.41) is 13.8. The number of rotatable bonds is 6. The van der Waals surface area contributed by atoms with E-state index >= 15 is 0 Å². The fraction of sp³-hybridized carbons (Fsp3) is 0.400. The van der Waals surface area contributed by atoms with Gasteiger partial charge in [-0.25, -0.2) is 4.79 Å². The molecule has 0 saturated heterocycles. The van der Waals surface area contributed by atoms with Gasteiger partial charge in [-0.1, -0.05) is 32.0 Å². The molecule has 114 valence electrons. The summed E-state index contributed by atoms with van der Waals surface area (Å²) in [6.07, 6.45) is 0. The standard InChI is InChI=1S/C15H20N2O4/c1-9(2)13(15(20)21)17-12(18)8-16-14(19)11-7-5-4-6-10(11)3/h4-7,9,13H,8H2,1-3H3,(H,16,19)(H,17,18)(H,20,21)/t13-/m1/s1. The van der Waals surface area contributed by atoms with Gasteiger partial charge >= 0.3 is 5.97 Å². The Bertz CT molecular complexity index is 540. The van der Waals surface area contributed by atoms with E-state index in [0.29, 0.717) is 5.56 Å². The van der Waals surface area contributed by atoms with Crippen molar-refractivity contribution in [3.05, 3.63) is 35.4 Å². The van der Waals surface area contributed by atoms with E-state index in [-0.39, 0.29) is 18.4 Å². The summed E-state index contributed by atoms with van der Waals surface area (Å²) in [6, 6.07) is 6.05. The summed E-state index contributed by atoms with van der Waals surface area (Å²) in [6.45, 7) is 4.94. The number of carbonyl (C=O) groups is 3. The molecule has 0 fully saturated rings. The smallest absolute Gasteiger partial charge is 0.326 e. The molecule has 0 unspecified atom stereocenters. The zero-order valence-corrected chi connectivity index (χ0v) is 12.3. The van der Waals surface area contributed by atoms with Crippen molar-refractivity contribution in [2.24, 2.45) is 5.92 Å². The minimum absolute atomic E-state index is 0.237. The maximum Gasteiger partial charge on any atom is 0.326 e. The molecule has 6 nitrogen and oxygen atoms in total. The van der Waals surface area contributed by atoms with Crippen molar-refractivity contribution in [1.29, 1.82) is 0 Å². The number of carbonyl (C=O) groups excluding carboxylic acids is 2. The Balaban J connectivity index is 2.55. The highest BCUT2D eigenvalue weighted by Crippen LogP contribution is 2.06. The van der Waals surface area contributed by atoms with E-state index in [1.165, 1.54) is 0 Å². The monoisotopic (exact) mass is 292 g/mol.